The third kappa shape index (κ3) is 4.78. The molecule has 0 aliphatic carbocycles. The Labute approximate surface area is 127 Å². The van der Waals surface area contributed by atoms with E-state index in [1.54, 1.807) is 0 Å². The van der Waals surface area contributed by atoms with Crippen molar-refractivity contribution < 1.29 is 14.2 Å². The molecule has 0 aromatic heterocycles. The van der Waals surface area contributed by atoms with Gasteiger partial charge in [0.25, 0.3) is 0 Å². The van der Waals surface area contributed by atoms with Crippen LogP contribution in [0.25, 0.3) is 0 Å². The van der Waals surface area contributed by atoms with Gasteiger partial charge in [0.05, 0.1) is 25.2 Å². The lowest BCUT2D eigenvalue weighted by Crippen LogP contribution is -2.21. The number of rotatable bonds is 6. The summed E-state index contributed by atoms with van der Waals surface area (Å²) in [6, 6.07) is 7.40. The predicted molar refractivity (Wildman–Crippen MR) is 76.2 cm³/mol. The fraction of sp³-hybridized carbons (Fsp3) is 0.538. The summed E-state index contributed by atoms with van der Waals surface area (Å²) in [5.74, 6) is 0.372. The molecule has 1 aromatic rings. The Morgan fingerprint density at radius 2 is 2.05 bits per heavy atom. The first-order chi connectivity index (χ1) is 9.19. The highest BCUT2D eigenvalue weighted by molar-refractivity contribution is 6.30. The highest BCUT2D eigenvalue weighted by Gasteiger charge is 2.27. The SMILES string of the molecule is ClC[C@@H](Cl)COC[C@H]1CO[C@H](c2ccc(Cl)cc2)O1. The summed E-state index contributed by atoms with van der Waals surface area (Å²) in [6.07, 6.45) is -0.439. The molecule has 6 heteroatoms. The molecule has 0 saturated carbocycles. The van der Waals surface area contributed by atoms with Crippen molar-refractivity contribution in [1.82, 2.24) is 0 Å². The van der Waals surface area contributed by atoms with Crippen molar-refractivity contribution in [2.24, 2.45) is 0 Å². The molecule has 0 unspecified atom stereocenters. The molecule has 1 aromatic carbocycles. The molecular weight excluding hydrogens is 310 g/mol. The Morgan fingerprint density at radius 3 is 2.74 bits per heavy atom. The summed E-state index contributed by atoms with van der Waals surface area (Å²) in [4.78, 5) is 0. The summed E-state index contributed by atoms with van der Waals surface area (Å²) in [5.41, 5.74) is 0.947. The molecule has 1 saturated heterocycles. The molecule has 3 nitrogen and oxygen atoms in total. The van der Waals surface area contributed by atoms with Crippen molar-refractivity contribution in [3.05, 3.63) is 34.9 Å². The van der Waals surface area contributed by atoms with Crippen molar-refractivity contribution in [2.75, 3.05) is 25.7 Å². The molecule has 1 heterocycles. The van der Waals surface area contributed by atoms with E-state index in [1.807, 2.05) is 24.3 Å². The van der Waals surface area contributed by atoms with Gasteiger partial charge in [-0.15, -0.1) is 23.2 Å². The summed E-state index contributed by atoms with van der Waals surface area (Å²) < 4.78 is 16.7. The van der Waals surface area contributed by atoms with Crippen LogP contribution in [0.2, 0.25) is 5.02 Å². The summed E-state index contributed by atoms with van der Waals surface area (Å²) in [5, 5.41) is 0.520. The van der Waals surface area contributed by atoms with Gasteiger partial charge in [-0.1, -0.05) is 23.7 Å². The van der Waals surface area contributed by atoms with Crippen molar-refractivity contribution in [2.45, 2.75) is 17.8 Å². The second kappa shape index (κ2) is 7.67. The van der Waals surface area contributed by atoms with Crippen LogP contribution in [-0.2, 0) is 14.2 Å². The zero-order chi connectivity index (χ0) is 13.7. The molecule has 0 bridgehead atoms. The van der Waals surface area contributed by atoms with Crippen LogP contribution >= 0.6 is 34.8 Å². The number of hydrogen-bond acceptors (Lipinski definition) is 3. The Bertz CT molecular complexity index is 385. The molecular formula is C13H15Cl3O3. The van der Waals surface area contributed by atoms with Gasteiger partial charge in [-0.25, -0.2) is 0 Å². The maximum absolute atomic E-state index is 5.85. The smallest absolute Gasteiger partial charge is 0.184 e. The van der Waals surface area contributed by atoms with Gasteiger partial charge >= 0.3 is 0 Å². The molecule has 3 atom stereocenters. The third-order valence-corrected chi connectivity index (χ3v) is 3.72. The highest BCUT2D eigenvalue weighted by atomic mass is 35.5. The van der Waals surface area contributed by atoms with E-state index in [2.05, 4.69) is 0 Å². The van der Waals surface area contributed by atoms with Crippen LogP contribution in [0.4, 0.5) is 0 Å². The van der Waals surface area contributed by atoms with Crippen LogP contribution in [0.3, 0.4) is 0 Å². The lowest BCUT2D eigenvalue weighted by molar-refractivity contribution is -0.0735. The molecule has 19 heavy (non-hydrogen) atoms. The monoisotopic (exact) mass is 324 g/mol. The predicted octanol–water partition coefficient (Wildman–Crippen LogP) is 3.62. The minimum absolute atomic E-state index is 0.0835. The van der Waals surface area contributed by atoms with E-state index in [1.165, 1.54) is 0 Å². The van der Waals surface area contributed by atoms with Crippen molar-refractivity contribution in [3.8, 4) is 0 Å². The van der Waals surface area contributed by atoms with Crippen LogP contribution in [0.1, 0.15) is 11.9 Å². The lowest BCUT2D eigenvalue weighted by atomic mass is 10.2. The summed E-state index contributed by atoms with van der Waals surface area (Å²) in [7, 11) is 0. The van der Waals surface area contributed by atoms with Crippen molar-refractivity contribution >= 4 is 34.8 Å². The first-order valence-corrected chi connectivity index (χ1v) is 7.34. The Kier molecular flexibility index (Phi) is 6.20. The third-order valence-electron chi connectivity index (χ3n) is 2.66. The topological polar surface area (TPSA) is 27.7 Å². The van der Waals surface area contributed by atoms with E-state index in [0.29, 0.717) is 30.7 Å². The van der Waals surface area contributed by atoms with E-state index < -0.39 is 0 Å². The van der Waals surface area contributed by atoms with Gasteiger partial charge in [-0.2, -0.15) is 0 Å². The van der Waals surface area contributed by atoms with Crippen LogP contribution in [0, 0.1) is 0 Å². The van der Waals surface area contributed by atoms with Crippen LogP contribution in [0.5, 0.6) is 0 Å². The summed E-state index contributed by atoms with van der Waals surface area (Å²) >= 11 is 17.3. The number of hydrogen-bond donors (Lipinski definition) is 0. The van der Waals surface area contributed by atoms with Gasteiger partial charge in [-0.3, -0.25) is 0 Å². The second-order valence-corrected chi connectivity index (χ2v) is 5.63. The molecule has 2 rings (SSSR count). The van der Waals surface area contributed by atoms with Gasteiger partial charge in [0.1, 0.15) is 6.10 Å². The number of benzene rings is 1. The minimum atomic E-state index is -0.356. The summed E-state index contributed by atoms with van der Waals surface area (Å²) in [6.45, 7) is 1.36. The van der Waals surface area contributed by atoms with E-state index in [9.17, 15) is 0 Å². The van der Waals surface area contributed by atoms with Crippen LogP contribution < -0.4 is 0 Å². The van der Waals surface area contributed by atoms with Gasteiger partial charge < -0.3 is 14.2 Å². The van der Waals surface area contributed by atoms with Gasteiger partial charge in [0.2, 0.25) is 0 Å². The van der Waals surface area contributed by atoms with Crippen LogP contribution in [0.15, 0.2) is 24.3 Å². The van der Waals surface area contributed by atoms with E-state index in [0.717, 1.165) is 5.56 Å². The Balaban J connectivity index is 1.75. The zero-order valence-corrected chi connectivity index (χ0v) is 12.5. The van der Waals surface area contributed by atoms with Gasteiger partial charge in [0, 0.05) is 16.5 Å². The van der Waals surface area contributed by atoms with Gasteiger partial charge in [0.15, 0.2) is 6.29 Å². The van der Waals surface area contributed by atoms with E-state index >= 15 is 0 Å². The van der Waals surface area contributed by atoms with E-state index in [4.69, 9.17) is 49.0 Å². The van der Waals surface area contributed by atoms with E-state index in [-0.39, 0.29) is 17.8 Å². The molecule has 0 spiro atoms. The first-order valence-electron chi connectivity index (χ1n) is 5.99. The maximum Gasteiger partial charge on any atom is 0.184 e. The minimum Gasteiger partial charge on any atom is -0.377 e. The number of alkyl halides is 2. The normalized spacial score (nSPS) is 24.6. The molecule has 1 fully saturated rings. The lowest BCUT2D eigenvalue weighted by Gasteiger charge is -2.13. The fourth-order valence-corrected chi connectivity index (χ4v) is 2.01. The van der Waals surface area contributed by atoms with Crippen molar-refractivity contribution in [3.63, 3.8) is 0 Å². The van der Waals surface area contributed by atoms with Gasteiger partial charge in [-0.05, 0) is 12.1 Å². The van der Waals surface area contributed by atoms with Crippen LogP contribution in [-0.4, -0.2) is 37.2 Å². The fourth-order valence-electron chi connectivity index (χ4n) is 1.70. The second-order valence-electron chi connectivity index (χ2n) is 4.26. The average Bonchev–Trinajstić information content (AvgIpc) is 2.88. The number of ether oxygens (including phenoxy) is 3. The Morgan fingerprint density at radius 1 is 1.32 bits per heavy atom. The molecule has 0 radical (unpaired) electrons. The molecule has 0 amide bonds. The largest absolute Gasteiger partial charge is 0.377 e. The molecule has 1 aliphatic heterocycles. The molecule has 0 N–H and O–H groups in total. The Hall–Kier alpha value is -0.0300. The standard InChI is InChI=1S/C13H15Cl3O3/c14-5-11(16)6-17-7-12-8-18-13(19-12)9-1-3-10(15)4-2-9/h1-4,11-13H,5-8H2/t11-,12+,13+/m1/s1. The quantitative estimate of drug-likeness (QED) is 0.748. The zero-order valence-electron chi connectivity index (χ0n) is 10.2. The maximum atomic E-state index is 5.85. The number of halogens is 3. The average molecular weight is 326 g/mol. The highest BCUT2D eigenvalue weighted by Crippen LogP contribution is 2.27. The molecule has 1 aliphatic rings. The first kappa shape index (κ1) is 15.4. The molecule has 106 valence electrons. The van der Waals surface area contributed by atoms with Crippen molar-refractivity contribution in [1.29, 1.82) is 0 Å².